The van der Waals surface area contributed by atoms with Crippen LogP contribution in [0.4, 0.5) is 0 Å². The molecule has 1 N–H and O–H groups in total. The minimum absolute atomic E-state index is 0.190. The number of benzene rings is 1. The molecular formula is C13H13BrN2O3. The summed E-state index contributed by atoms with van der Waals surface area (Å²) < 4.78 is 11.6. The van der Waals surface area contributed by atoms with Gasteiger partial charge in [0.1, 0.15) is 13.2 Å². The van der Waals surface area contributed by atoms with Gasteiger partial charge in [0.2, 0.25) is 0 Å². The van der Waals surface area contributed by atoms with Crippen LogP contribution in [-0.2, 0) is 0 Å². The Morgan fingerprint density at radius 1 is 1.53 bits per heavy atom. The van der Waals surface area contributed by atoms with Gasteiger partial charge in [-0.25, -0.2) is 0 Å². The van der Waals surface area contributed by atoms with E-state index in [0.717, 1.165) is 0 Å². The maximum atomic E-state index is 12.0. The number of carbonyl (C=O) groups is 1. The standard InChI is InChI=1S/C13H13BrN2O3/c1-8(2-3-15)16-13(17)9-6-10(14)12-11(7-9)18-4-5-19-12/h6-8H,2,4-5H2,1H3,(H,16,17)/t8-/m0/s1. The van der Waals surface area contributed by atoms with E-state index in [4.69, 9.17) is 14.7 Å². The number of amides is 1. The molecule has 0 saturated carbocycles. The van der Waals surface area contributed by atoms with E-state index in [-0.39, 0.29) is 18.4 Å². The number of fused-ring (bicyclic) bond motifs is 1. The molecule has 0 fully saturated rings. The summed E-state index contributed by atoms with van der Waals surface area (Å²) in [7, 11) is 0. The number of nitrogens with zero attached hydrogens (tertiary/aromatic N) is 1. The third-order valence-electron chi connectivity index (χ3n) is 2.63. The second-order valence-corrected chi connectivity index (χ2v) is 5.07. The van der Waals surface area contributed by atoms with Crippen molar-refractivity contribution in [3.8, 4) is 17.6 Å². The molecule has 6 heteroatoms. The molecule has 19 heavy (non-hydrogen) atoms. The van der Waals surface area contributed by atoms with Crippen LogP contribution in [0.3, 0.4) is 0 Å². The molecular weight excluding hydrogens is 312 g/mol. The van der Waals surface area contributed by atoms with Gasteiger partial charge in [0, 0.05) is 11.6 Å². The van der Waals surface area contributed by atoms with Gasteiger partial charge in [0.25, 0.3) is 5.91 Å². The molecule has 1 aliphatic heterocycles. The fourth-order valence-electron chi connectivity index (χ4n) is 1.74. The summed E-state index contributed by atoms with van der Waals surface area (Å²) in [6.07, 6.45) is 0.275. The first kappa shape index (κ1) is 13.7. The zero-order valence-corrected chi connectivity index (χ0v) is 12.0. The zero-order chi connectivity index (χ0) is 13.8. The van der Waals surface area contributed by atoms with Crippen molar-refractivity contribution in [2.45, 2.75) is 19.4 Å². The first-order chi connectivity index (χ1) is 9.11. The van der Waals surface area contributed by atoms with E-state index in [1.807, 2.05) is 6.07 Å². The lowest BCUT2D eigenvalue weighted by Gasteiger charge is -2.20. The van der Waals surface area contributed by atoms with Crippen molar-refractivity contribution in [2.24, 2.45) is 0 Å². The molecule has 1 atom stereocenters. The minimum Gasteiger partial charge on any atom is -0.486 e. The van der Waals surface area contributed by atoms with Crippen molar-refractivity contribution in [3.05, 3.63) is 22.2 Å². The average Bonchev–Trinajstić information content (AvgIpc) is 2.39. The SMILES string of the molecule is C[C@@H](CC#N)NC(=O)c1cc(Br)c2c(c1)OCCO2. The van der Waals surface area contributed by atoms with E-state index >= 15 is 0 Å². The van der Waals surface area contributed by atoms with Gasteiger partial charge in [-0.15, -0.1) is 0 Å². The van der Waals surface area contributed by atoms with Crippen LogP contribution in [-0.4, -0.2) is 25.2 Å². The van der Waals surface area contributed by atoms with E-state index in [9.17, 15) is 4.79 Å². The van der Waals surface area contributed by atoms with Crippen molar-refractivity contribution >= 4 is 21.8 Å². The first-order valence-corrected chi connectivity index (χ1v) is 6.68. The minimum atomic E-state index is -0.236. The molecule has 0 saturated heterocycles. The number of carbonyl (C=O) groups excluding carboxylic acids is 1. The average molecular weight is 325 g/mol. The lowest BCUT2D eigenvalue weighted by Crippen LogP contribution is -2.32. The van der Waals surface area contributed by atoms with Crippen LogP contribution in [0.2, 0.25) is 0 Å². The number of nitriles is 1. The van der Waals surface area contributed by atoms with Crippen molar-refractivity contribution < 1.29 is 14.3 Å². The number of rotatable bonds is 3. The van der Waals surface area contributed by atoms with E-state index in [2.05, 4.69) is 21.2 Å². The highest BCUT2D eigenvalue weighted by atomic mass is 79.9. The summed E-state index contributed by atoms with van der Waals surface area (Å²) in [4.78, 5) is 12.0. The van der Waals surface area contributed by atoms with Crippen molar-refractivity contribution in [1.82, 2.24) is 5.32 Å². The van der Waals surface area contributed by atoms with Gasteiger partial charge in [-0.05, 0) is 35.0 Å². The van der Waals surface area contributed by atoms with Gasteiger partial charge in [0.05, 0.1) is 17.0 Å². The Hall–Kier alpha value is -1.74. The van der Waals surface area contributed by atoms with Gasteiger partial charge in [-0.1, -0.05) is 0 Å². The van der Waals surface area contributed by atoms with E-state index in [1.54, 1.807) is 19.1 Å². The molecule has 1 aromatic carbocycles. The van der Waals surface area contributed by atoms with Crippen molar-refractivity contribution in [2.75, 3.05) is 13.2 Å². The lowest BCUT2D eigenvalue weighted by molar-refractivity contribution is 0.0939. The largest absolute Gasteiger partial charge is 0.486 e. The van der Waals surface area contributed by atoms with Crippen LogP contribution >= 0.6 is 15.9 Å². The highest BCUT2D eigenvalue weighted by Crippen LogP contribution is 2.38. The second kappa shape index (κ2) is 5.93. The highest BCUT2D eigenvalue weighted by Gasteiger charge is 2.19. The van der Waals surface area contributed by atoms with Crippen molar-refractivity contribution in [3.63, 3.8) is 0 Å². The zero-order valence-electron chi connectivity index (χ0n) is 10.4. The Balaban J connectivity index is 2.19. The van der Waals surface area contributed by atoms with Gasteiger partial charge in [-0.3, -0.25) is 4.79 Å². The molecule has 1 aromatic rings. The lowest BCUT2D eigenvalue weighted by atomic mass is 10.1. The third-order valence-corrected chi connectivity index (χ3v) is 3.22. The van der Waals surface area contributed by atoms with Gasteiger partial charge in [0.15, 0.2) is 11.5 Å². The summed E-state index contributed by atoms with van der Waals surface area (Å²) in [5.74, 6) is 0.937. The van der Waals surface area contributed by atoms with Crippen LogP contribution in [0.1, 0.15) is 23.7 Å². The van der Waals surface area contributed by atoms with Gasteiger partial charge >= 0.3 is 0 Å². The Kier molecular flexibility index (Phi) is 4.27. The molecule has 0 bridgehead atoms. The molecule has 1 heterocycles. The topological polar surface area (TPSA) is 71.4 Å². The molecule has 0 radical (unpaired) electrons. The number of ether oxygens (including phenoxy) is 2. The molecule has 1 amide bonds. The quantitative estimate of drug-likeness (QED) is 0.925. The van der Waals surface area contributed by atoms with E-state index in [1.165, 1.54) is 0 Å². The Bertz CT molecular complexity index is 539. The van der Waals surface area contributed by atoms with Crippen LogP contribution in [0.5, 0.6) is 11.5 Å². The highest BCUT2D eigenvalue weighted by molar-refractivity contribution is 9.10. The summed E-state index contributed by atoms with van der Waals surface area (Å²) in [6, 6.07) is 5.16. The molecule has 5 nitrogen and oxygen atoms in total. The third kappa shape index (κ3) is 3.18. The molecule has 100 valence electrons. The first-order valence-electron chi connectivity index (χ1n) is 5.88. The summed E-state index contributed by atoms with van der Waals surface area (Å²) in [6.45, 7) is 2.75. The number of hydrogen-bond donors (Lipinski definition) is 1. The number of hydrogen-bond acceptors (Lipinski definition) is 4. The fourth-order valence-corrected chi connectivity index (χ4v) is 2.29. The molecule has 2 rings (SSSR count). The molecule has 0 aromatic heterocycles. The molecule has 0 aliphatic carbocycles. The maximum Gasteiger partial charge on any atom is 0.251 e. The molecule has 0 spiro atoms. The Morgan fingerprint density at radius 3 is 3.00 bits per heavy atom. The number of nitrogens with one attached hydrogen (secondary N) is 1. The maximum absolute atomic E-state index is 12.0. The second-order valence-electron chi connectivity index (χ2n) is 4.22. The van der Waals surface area contributed by atoms with Gasteiger partial charge < -0.3 is 14.8 Å². The van der Waals surface area contributed by atoms with Crippen LogP contribution < -0.4 is 14.8 Å². The van der Waals surface area contributed by atoms with Crippen LogP contribution in [0, 0.1) is 11.3 Å². The smallest absolute Gasteiger partial charge is 0.251 e. The molecule has 1 aliphatic rings. The van der Waals surface area contributed by atoms with E-state index < -0.39 is 0 Å². The predicted octanol–water partition coefficient (Wildman–Crippen LogP) is 2.25. The summed E-state index contributed by atoms with van der Waals surface area (Å²) in [5.41, 5.74) is 0.473. The van der Waals surface area contributed by atoms with Gasteiger partial charge in [-0.2, -0.15) is 5.26 Å². The summed E-state index contributed by atoms with van der Waals surface area (Å²) >= 11 is 3.36. The predicted molar refractivity (Wildman–Crippen MR) is 72.3 cm³/mol. The van der Waals surface area contributed by atoms with Crippen LogP contribution in [0.15, 0.2) is 16.6 Å². The monoisotopic (exact) mass is 324 g/mol. The Labute approximate surface area is 119 Å². The summed E-state index contributed by atoms with van der Waals surface area (Å²) in [5, 5.41) is 11.3. The number of halogens is 1. The normalized spacial score (nSPS) is 14.4. The Morgan fingerprint density at radius 2 is 2.26 bits per heavy atom. The van der Waals surface area contributed by atoms with Crippen molar-refractivity contribution in [1.29, 1.82) is 5.26 Å². The van der Waals surface area contributed by atoms with Crippen LogP contribution in [0.25, 0.3) is 0 Å². The fraction of sp³-hybridized carbons (Fsp3) is 0.385. The van der Waals surface area contributed by atoms with E-state index in [0.29, 0.717) is 34.7 Å². The molecule has 0 unspecified atom stereocenters.